The first-order valence-corrected chi connectivity index (χ1v) is 8.24. The van der Waals surface area contributed by atoms with E-state index in [2.05, 4.69) is 30.8 Å². The van der Waals surface area contributed by atoms with Crippen LogP contribution in [0.2, 0.25) is 0 Å². The molecule has 0 atom stereocenters. The molecule has 9 heteroatoms. The summed E-state index contributed by atoms with van der Waals surface area (Å²) in [7, 11) is 1.84. The van der Waals surface area contributed by atoms with E-state index in [4.69, 9.17) is 0 Å². The summed E-state index contributed by atoms with van der Waals surface area (Å²) in [4.78, 5) is 16.5. The minimum absolute atomic E-state index is 0.0496. The molecule has 0 aliphatic carbocycles. The summed E-state index contributed by atoms with van der Waals surface area (Å²) in [5.41, 5.74) is 3.00. The fourth-order valence-corrected chi connectivity index (χ4v) is 2.64. The van der Waals surface area contributed by atoms with Crippen LogP contribution in [0.15, 0.2) is 61.3 Å². The summed E-state index contributed by atoms with van der Waals surface area (Å²) >= 11 is 0. The number of pyridine rings is 1. The molecule has 27 heavy (non-hydrogen) atoms. The van der Waals surface area contributed by atoms with Gasteiger partial charge in [0.2, 0.25) is 5.91 Å². The smallest absolute Gasteiger partial charge is 0.246 e. The molecule has 4 aromatic rings. The van der Waals surface area contributed by atoms with E-state index in [1.165, 1.54) is 4.68 Å². The summed E-state index contributed by atoms with van der Waals surface area (Å²) in [6.45, 7) is 0.0496. The molecular weight excluding hydrogens is 344 g/mol. The van der Waals surface area contributed by atoms with Crippen molar-refractivity contribution in [2.24, 2.45) is 7.05 Å². The van der Waals surface area contributed by atoms with Crippen molar-refractivity contribution in [2.45, 2.75) is 6.54 Å². The average molecular weight is 360 g/mol. The zero-order valence-electron chi connectivity index (χ0n) is 14.5. The van der Waals surface area contributed by atoms with Crippen LogP contribution in [0.5, 0.6) is 0 Å². The zero-order chi connectivity index (χ0) is 18.6. The van der Waals surface area contributed by atoms with E-state index < -0.39 is 0 Å². The molecule has 9 nitrogen and oxygen atoms in total. The van der Waals surface area contributed by atoms with Crippen LogP contribution in [0, 0.1) is 0 Å². The maximum atomic E-state index is 12.3. The standard InChI is InChI=1S/C18H16N8O/c1-25-12-20-23-18(25)14-7-15(9-19-8-14)21-17(27)11-26-10-16(22-24-26)13-5-3-2-4-6-13/h2-10,12H,11H2,1H3,(H,21,27). The molecular formula is C18H16N8O. The number of anilines is 1. The Bertz CT molecular complexity index is 1070. The van der Waals surface area contributed by atoms with Gasteiger partial charge in [-0.2, -0.15) is 0 Å². The van der Waals surface area contributed by atoms with Crippen LogP contribution in [-0.2, 0) is 18.4 Å². The molecule has 0 spiro atoms. The number of benzene rings is 1. The summed E-state index contributed by atoms with van der Waals surface area (Å²) in [5.74, 6) is 0.443. The lowest BCUT2D eigenvalue weighted by molar-refractivity contribution is -0.116. The number of amides is 1. The first-order valence-electron chi connectivity index (χ1n) is 8.24. The Morgan fingerprint density at radius 2 is 1.96 bits per heavy atom. The molecule has 1 amide bonds. The Labute approximate surface area is 154 Å². The van der Waals surface area contributed by atoms with Crippen molar-refractivity contribution in [1.29, 1.82) is 0 Å². The minimum Gasteiger partial charge on any atom is -0.323 e. The molecule has 4 rings (SSSR count). The highest BCUT2D eigenvalue weighted by Crippen LogP contribution is 2.19. The lowest BCUT2D eigenvalue weighted by Gasteiger charge is -2.06. The van der Waals surface area contributed by atoms with Gasteiger partial charge in [0.05, 0.1) is 18.1 Å². The third-order valence-electron chi connectivity index (χ3n) is 3.91. The van der Waals surface area contributed by atoms with E-state index >= 15 is 0 Å². The molecule has 0 fully saturated rings. The fourth-order valence-electron chi connectivity index (χ4n) is 2.64. The van der Waals surface area contributed by atoms with Crippen LogP contribution < -0.4 is 5.32 Å². The highest BCUT2D eigenvalue weighted by Gasteiger charge is 2.10. The van der Waals surface area contributed by atoms with Gasteiger partial charge in [-0.25, -0.2) is 4.68 Å². The van der Waals surface area contributed by atoms with Crippen LogP contribution in [-0.4, -0.2) is 40.6 Å². The van der Waals surface area contributed by atoms with E-state index in [1.807, 2.05) is 37.4 Å². The number of hydrogen-bond acceptors (Lipinski definition) is 6. The minimum atomic E-state index is -0.226. The number of nitrogens with zero attached hydrogens (tertiary/aromatic N) is 7. The molecule has 3 heterocycles. The maximum absolute atomic E-state index is 12.3. The van der Waals surface area contributed by atoms with E-state index in [1.54, 1.807) is 35.6 Å². The summed E-state index contributed by atoms with van der Waals surface area (Å²) in [6, 6.07) is 11.5. The van der Waals surface area contributed by atoms with Gasteiger partial charge < -0.3 is 9.88 Å². The predicted octanol–water partition coefficient (Wildman–Crippen LogP) is 1.77. The predicted molar refractivity (Wildman–Crippen MR) is 98.3 cm³/mol. The summed E-state index contributed by atoms with van der Waals surface area (Å²) in [6.07, 6.45) is 6.59. The SMILES string of the molecule is Cn1cnnc1-c1cncc(NC(=O)Cn2cc(-c3ccccc3)nn2)c1. The second-order valence-corrected chi connectivity index (χ2v) is 5.94. The second-order valence-electron chi connectivity index (χ2n) is 5.94. The number of aryl methyl sites for hydroxylation is 1. The number of aromatic nitrogens is 7. The van der Waals surface area contributed by atoms with Crippen molar-refractivity contribution < 1.29 is 4.79 Å². The Morgan fingerprint density at radius 3 is 2.74 bits per heavy atom. The van der Waals surface area contributed by atoms with Crippen molar-refractivity contribution in [2.75, 3.05) is 5.32 Å². The molecule has 0 aliphatic heterocycles. The fraction of sp³-hybridized carbons (Fsp3) is 0.111. The second kappa shape index (κ2) is 7.16. The lowest BCUT2D eigenvalue weighted by atomic mass is 10.2. The van der Waals surface area contributed by atoms with Crippen molar-refractivity contribution in [3.05, 3.63) is 61.3 Å². The first-order chi connectivity index (χ1) is 13.2. The van der Waals surface area contributed by atoms with Gasteiger partial charge in [-0.15, -0.1) is 15.3 Å². The Hall–Kier alpha value is -3.88. The molecule has 0 saturated heterocycles. The van der Waals surface area contributed by atoms with Crippen molar-refractivity contribution in [1.82, 2.24) is 34.7 Å². The van der Waals surface area contributed by atoms with E-state index in [-0.39, 0.29) is 12.5 Å². The van der Waals surface area contributed by atoms with Gasteiger partial charge >= 0.3 is 0 Å². The molecule has 1 aromatic carbocycles. The van der Waals surface area contributed by atoms with Crippen LogP contribution in [0.4, 0.5) is 5.69 Å². The summed E-state index contributed by atoms with van der Waals surface area (Å²) < 4.78 is 3.28. The average Bonchev–Trinajstić information content (AvgIpc) is 3.31. The van der Waals surface area contributed by atoms with Crippen LogP contribution in [0.25, 0.3) is 22.6 Å². The van der Waals surface area contributed by atoms with Crippen LogP contribution in [0.3, 0.4) is 0 Å². The Kier molecular flexibility index (Phi) is 4.40. The van der Waals surface area contributed by atoms with Crippen molar-refractivity contribution in [3.63, 3.8) is 0 Å². The van der Waals surface area contributed by atoms with Gasteiger partial charge in [-0.1, -0.05) is 35.5 Å². The highest BCUT2D eigenvalue weighted by molar-refractivity contribution is 5.90. The third kappa shape index (κ3) is 3.71. The maximum Gasteiger partial charge on any atom is 0.246 e. The molecule has 1 N–H and O–H groups in total. The van der Waals surface area contributed by atoms with Gasteiger partial charge in [0, 0.05) is 24.4 Å². The molecule has 3 aromatic heterocycles. The zero-order valence-corrected chi connectivity index (χ0v) is 14.5. The lowest BCUT2D eigenvalue weighted by Crippen LogP contribution is -2.19. The number of rotatable bonds is 5. The van der Waals surface area contributed by atoms with E-state index in [0.29, 0.717) is 17.2 Å². The number of hydrogen-bond donors (Lipinski definition) is 1. The molecule has 0 unspecified atom stereocenters. The van der Waals surface area contributed by atoms with Gasteiger partial charge in [0.1, 0.15) is 18.6 Å². The molecule has 134 valence electrons. The quantitative estimate of drug-likeness (QED) is 0.582. The molecule has 0 bridgehead atoms. The van der Waals surface area contributed by atoms with Crippen molar-refractivity contribution in [3.8, 4) is 22.6 Å². The number of carbonyl (C=O) groups excluding carboxylic acids is 1. The van der Waals surface area contributed by atoms with Crippen LogP contribution in [0.1, 0.15) is 0 Å². The third-order valence-corrected chi connectivity index (χ3v) is 3.91. The molecule has 0 aliphatic rings. The van der Waals surface area contributed by atoms with Gasteiger partial charge in [-0.3, -0.25) is 9.78 Å². The normalized spacial score (nSPS) is 10.7. The van der Waals surface area contributed by atoms with Gasteiger partial charge in [-0.05, 0) is 6.07 Å². The summed E-state index contributed by atoms with van der Waals surface area (Å²) in [5, 5.41) is 18.8. The van der Waals surface area contributed by atoms with Crippen molar-refractivity contribution >= 4 is 11.6 Å². The largest absolute Gasteiger partial charge is 0.323 e. The number of carbonyl (C=O) groups is 1. The van der Waals surface area contributed by atoms with Gasteiger partial charge in [0.25, 0.3) is 0 Å². The number of nitrogens with one attached hydrogen (secondary N) is 1. The monoisotopic (exact) mass is 360 g/mol. The van der Waals surface area contributed by atoms with E-state index in [0.717, 1.165) is 11.1 Å². The molecule has 0 radical (unpaired) electrons. The topological polar surface area (TPSA) is 103 Å². The highest BCUT2D eigenvalue weighted by atomic mass is 16.2. The first kappa shape index (κ1) is 16.6. The van der Waals surface area contributed by atoms with E-state index in [9.17, 15) is 4.79 Å². The Morgan fingerprint density at radius 1 is 1.11 bits per heavy atom. The van der Waals surface area contributed by atoms with Gasteiger partial charge in [0.15, 0.2) is 5.82 Å². The Balaban J connectivity index is 1.44. The molecule has 0 saturated carbocycles. The van der Waals surface area contributed by atoms with Crippen LogP contribution >= 0.6 is 0 Å².